The molecule has 3 aromatic rings. The highest BCUT2D eigenvalue weighted by molar-refractivity contribution is 7.10. The number of fused-ring (bicyclic) bond motifs is 1. The Labute approximate surface area is 198 Å². The summed E-state index contributed by atoms with van der Waals surface area (Å²) < 4.78 is 5.45. The maximum Gasteiger partial charge on any atom is 0.254 e. The van der Waals surface area contributed by atoms with Crippen LogP contribution in [0.25, 0.3) is 0 Å². The second-order valence-corrected chi connectivity index (χ2v) is 10.2. The number of nitrogens with one attached hydrogen (secondary N) is 1. The fraction of sp³-hybridized carbons (Fsp3) is 0.407. The lowest BCUT2D eigenvalue weighted by atomic mass is 9.80. The van der Waals surface area contributed by atoms with Crippen LogP contribution in [0.3, 0.4) is 0 Å². The van der Waals surface area contributed by atoms with Gasteiger partial charge in [-0.15, -0.1) is 11.3 Å². The summed E-state index contributed by atoms with van der Waals surface area (Å²) in [5.41, 5.74) is 1.51. The molecule has 1 fully saturated rings. The molecule has 2 aliphatic rings. The number of carbonyl (C=O) groups excluding carboxylic acids is 2. The van der Waals surface area contributed by atoms with E-state index in [2.05, 4.69) is 11.4 Å². The number of thiophene rings is 1. The van der Waals surface area contributed by atoms with Gasteiger partial charge in [0.25, 0.3) is 5.91 Å². The molecule has 0 radical (unpaired) electrons. The molecule has 1 aliphatic heterocycles. The molecule has 5 rings (SSSR count). The molecule has 5 nitrogen and oxygen atoms in total. The van der Waals surface area contributed by atoms with E-state index >= 15 is 0 Å². The van der Waals surface area contributed by atoms with Crippen molar-refractivity contribution in [2.24, 2.45) is 0 Å². The highest BCUT2D eigenvalue weighted by Crippen LogP contribution is 2.47. The minimum atomic E-state index is -0.427. The van der Waals surface area contributed by atoms with Crippen LogP contribution in [0, 0.1) is 0 Å². The molecule has 2 aromatic heterocycles. The van der Waals surface area contributed by atoms with E-state index < -0.39 is 5.92 Å². The van der Waals surface area contributed by atoms with Crippen molar-refractivity contribution in [2.45, 2.75) is 69.5 Å². The lowest BCUT2D eigenvalue weighted by Crippen LogP contribution is -2.51. The summed E-state index contributed by atoms with van der Waals surface area (Å²) in [5.74, 6) is 0.548. The largest absolute Gasteiger partial charge is 0.469 e. The summed E-state index contributed by atoms with van der Waals surface area (Å²) in [6, 6.07) is 15.5. The molecule has 0 spiro atoms. The summed E-state index contributed by atoms with van der Waals surface area (Å²) >= 11 is 1.63. The van der Waals surface area contributed by atoms with Crippen molar-refractivity contribution in [1.82, 2.24) is 10.2 Å². The Balaban J connectivity index is 1.47. The molecule has 1 saturated carbocycles. The van der Waals surface area contributed by atoms with Crippen LogP contribution in [0.2, 0.25) is 0 Å². The zero-order valence-corrected chi connectivity index (χ0v) is 19.7. The monoisotopic (exact) mass is 462 g/mol. The highest BCUT2D eigenvalue weighted by atomic mass is 32.1. The molecule has 172 valence electrons. The van der Waals surface area contributed by atoms with E-state index in [0.29, 0.717) is 5.56 Å². The lowest BCUT2D eigenvalue weighted by molar-refractivity contribution is -0.125. The number of carbonyl (C=O) groups is 2. The summed E-state index contributed by atoms with van der Waals surface area (Å²) in [5, 5.41) is 5.29. The summed E-state index contributed by atoms with van der Waals surface area (Å²) in [6.07, 6.45) is 7.52. The van der Waals surface area contributed by atoms with Crippen molar-refractivity contribution in [1.29, 1.82) is 0 Å². The minimum Gasteiger partial charge on any atom is -0.469 e. The van der Waals surface area contributed by atoms with Crippen LogP contribution >= 0.6 is 11.3 Å². The first-order valence-electron chi connectivity index (χ1n) is 11.9. The van der Waals surface area contributed by atoms with Crippen molar-refractivity contribution in [3.63, 3.8) is 0 Å². The van der Waals surface area contributed by atoms with Gasteiger partial charge in [-0.1, -0.05) is 37.1 Å². The summed E-state index contributed by atoms with van der Waals surface area (Å²) in [4.78, 5) is 30.7. The first-order chi connectivity index (χ1) is 16.1. The van der Waals surface area contributed by atoms with E-state index in [4.69, 9.17) is 4.42 Å². The van der Waals surface area contributed by atoms with Crippen molar-refractivity contribution in [2.75, 3.05) is 0 Å². The number of nitrogens with zero attached hydrogens (tertiary/aromatic N) is 1. The molecule has 1 N–H and O–H groups in total. The predicted octanol–water partition coefficient (Wildman–Crippen LogP) is 5.70. The number of hydrogen-bond donors (Lipinski definition) is 1. The number of hydrogen-bond acceptors (Lipinski definition) is 4. The van der Waals surface area contributed by atoms with Gasteiger partial charge < -0.3 is 14.6 Å². The van der Waals surface area contributed by atoms with Crippen LogP contribution in [0.4, 0.5) is 0 Å². The molecule has 0 bridgehead atoms. The molecule has 0 saturated heterocycles. The molecular weight excluding hydrogens is 432 g/mol. The van der Waals surface area contributed by atoms with Gasteiger partial charge in [0.05, 0.1) is 18.2 Å². The Bertz CT molecular complexity index is 1090. The maximum atomic E-state index is 13.8. The molecule has 3 atom stereocenters. The number of aryl methyl sites for hydroxylation is 1. The van der Waals surface area contributed by atoms with Crippen LogP contribution in [0.15, 0.2) is 64.6 Å². The fourth-order valence-electron chi connectivity index (χ4n) is 5.40. The zero-order valence-electron chi connectivity index (χ0n) is 18.9. The molecular formula is C27H30N2O3S. The van der Waals surface area contributed by atoms with E-state index in [-0.39, 0.29) is 29.9 Å². The second-order valence-electron chi connectivity index (χ2n) is 9.20. The van der Waals surface area contributed by atoms with Crippen molar-refractivity contribution >= 4 is 23.2 Å². The van der Waals surface area contributed by atoms with Gasteiger partial charge >= 0.3 is 0 Å². The first kappa shape index (κ1) is 22.0. The Morgan fingerprint density at radius 3 is 2.70 bits per heavy atom. The third kappa shape index (κ3) is 4.36. The highest BCUT2D eigenvalue weighted by Gasteiger charge is 2.47. The lowest BCUT2D eigenvalue weighted by Gasteiger charge is -2.44. The van der Waals surface area contributed by atoms with Gasteiger partial charge in [-0.3, -0.25) is 9.59 Å². The van der Waals surface area contributed by atoms with Crippen molar-refractivity contribution < 1.29 is 14.0 Å². The van der Waals surface area contributed by atoms with Gasteiger partial charge in [-0.05, 0) is 61.4 Å². The summed E-state index contributed by atoms with van der Waals surface area (Å²) in [6.45, 7) is 2.04. The Morgan fingerprint density at radius 1 is 1.15 bits per heavy atom. The standard InChI is InChI=1S/C27H30N2O3S/c1-18(14-15-20-10-6-16-32-20)28-26(30)24-21-11-4-5-12-22(21)27(31)29(19-8-2-3-9-19)25(24)23-13-7-17-33-23/h4-7,10-13,16-19,24-25H,2-3,8-9,14-15H2,1H3,(H,28,30)/t18-,24-,25+/m1/s1. The quantitative estimate of drug-likeness (QED) is 0.490. The smallest absolute Gasteiger partial charge is 0.254 e. The molecule has 3 heterocycles. The zero-order chi connectivity index (χ0) is 22.8. The topological polar surface area (TPSA) is 62.6 Å². The molecule has 1 aliphatic carbocycles. The van der Waals surface area contributed by atoms with E-state index in [1.807, 2.05) is 59.7 Å². The number of furan rings is 1. The van der Waals surface area contributed by atoms with Crippen LogP contribution in [0.5, 0.6) is 0 Å². The van der Waals surface area contributed by atoms with Crippen LogP contribution < -0.4 is 5.32 Å². The molecule has 1 aromatic carbocycles. The number of benzene rings is 1. The maximum absolute atomic E-state index is 13.8. The Hall–Kier alpha value is -2.86. The van der Waals surface area contributed by atoms with Crippen LogP contribution in [-0.4, -0.2) is 28.8 Å². The van der Waals surface area contributed by atoms with Crippen molar-refractivity contribution in [3.8, 4) is 0 Å². The number of amides is 2. The van der Waals surface area contributed by atoms with Crippen LogP contribution in [-0.2, 0) is 11.2 Å². The fourth-order valence-corrected chi connectivity index (χ4v) is 6.26. The predicted molar refractivity (Wildman–Crippen MR) is 129 cm³/mol. The molecule has 6 heteroatoms. The van der Waals surface area contributed by atoms with Gasteiger partial charge in [-0.2, -0.15) is 0 Å². The SMILES string of the molecule is C[C@H](CCc1ccco1)NC(=O)[C@@H]1c2ccccc2C(=O)N(C2CCCC2)[C@H]1c1cccs1. The van der Waals surface area contributed by atoms with E-state index in [1.54, 1.807) is 17.6 Å². The first-order valence-corrected chi connectivity index (χ1v) is 12.8. The Kier molecular flexibility index (Phi) is 6.36. The van der Waals surface area contributed by atoms with Gasteiger partial charge in [0.2, 0.25) is 5.91 Å². The van der Waals surface area contributed by atoms with Crippen LogP contribution in [0.1, 0.15) is 77.5 Å². The normalized spacial score (nSPS) is 21.7. The van der Waals surface area contributed by atoms with Gasteiger partial charge in [0.1, 0.15) is 5.76 Å². The van der Waals surface area contributed by atoms with E-state index in [1.165, 1.54) is 0 Å². The average molecular weight is 463 g/mol. The third-order valence-corrected chi connectivity index (χ3v) is 7.95. The number of rotatable bonds is 7. The summed E-state index contributed by atoms with van der Waals surface area (Å²) in [7, 11) is 0. The second kappa shape index (κ2) is 9.56. The molecule has 33 heavy (non-hydrogen) atoms. The minimum absolute atomic E-state index is 0.00342. The third-order valence-electron chi connectivity index (χ3n) is 7.00. The van der Waals surface area contributed by atoms with Gasteiger partial charge in [0.15, 0.2) is 0 Å². The molecule has 0 unspecified atom stereocenters. The van der Waals surface area contributed by atoms with E-state index in [0.717, 1.165) is 54.7 Å². The van der Waals surface area contributed by atoms with Gasteiger partial charge in [-0.25, -0.2) is 0 Å². The molecule has 2 amide bonds. The average Bonchev–Trinajstić information content (AvgIpc) is 3.61. The van der Waals surface area contributed by atoms with Crippen molar-refractivity contribution in [3.05, 3.63) is 81.9 Å². The van der Waals surface area contributed by atoms with Gasteiger partial charge in [0, 0.05) is 28.9 Å². The van der Waals surface area contributed by atoms with E-state index in [9.17, 15) is 9.59 Å². The Morgan fingerprint density at radius 2 is 1.97 bits per heavy atom.